The maximum atomic E-state index is 12.5. The Morgan fingerprint density at radius 3 is 2.43 bits per heavy atom. The average Bonchev–Trinajstić information content (AvgIpc) is 2.73. The summed E-state index contributed by atoms with van der Waals surface area (Å²) in [6.07, 6.45) is 0.536. The number of aliphatic hydroxyl groups excluding tert-OH is 1. The van der Waals surface area contributed by atoms with E-state index in [4.69, 9.17) is 10.5 Å². The van der Waals surface area contributed by atoms with Gasteiger partial charge in [-0.05, 0) is 36.1 Å². The molecule has 28 heavy (non-hydrogen) atoms. The van der Waals surface area contributed by atoms with E-state index in [0.717, 1.165) is 5.56 Å². The first-order valence-corrected chi connectivity index (χ1v) is 9.47. The van der Waals surface area contributed by atoms with Crippen LogP contribution in [-0.4, -0.2) is 24.1 Å². The van der Waals surface area contributed by atoms with E-state index in [1.54, 1.807) is 6.07 Å². The Bertz CT molecular complexity index is 712. The molecule has 6 heteroatoms. The molecule has 0 saturated heterocycles. The van der Waals surface area contributed by atoms with Gasteiger partial charge in [-0.15, -0.1) is 12.4 Å². The first kappa shape index (κ1) is 24.0. The molecule has 0 aromatic heterocycles. The minimum absolute atomic E-state index is 0. The maximum Gasteiger partial charge on any atom is 0.227 e. The maximum absolute atomic E-state index is 12.5. The van der Waals surface area contributed by atoms with Crippen LogP contribution in [0, 0.1) is 5.41 Å². The predicted molar refractivity (Wildman–Crippen MR) is 115 cm³/mol. The van der Waals surface area contributed by atoms with Crippen LogP contribution < -0.4 is 15.8 Å². The molecule has 1 amide bonds. The molecule has 0 aliphatic rings. The number of halogens is 1. The number of hydrogen-bond donors (Lipinski definition) is 3. The zero-order valence-electron chi connectivity index (χ0n) is 16.6. The third-order valence-corrected chi connectivity index (χ3v) is 5.17. The summed E-state index contributed by atoms with van der Waals surface area (Å²) >= 11 is 0. The van der Waals surface area contributed by atoms with Crippen molar-refractivity contribution in [2.24, 2.45) is 11.1 Å². The molecule has 4 N–H and O–H groups in total. The number of carbonyl (C=O) groups excluding carboxylic acids is 1. The van der Waals surface area contributed by atoms with Crippen LogP contribution in [-0.2, 0) is 11.4 Å². The molecule has 0 fully saturated rings. The second-order valence-electron chi connectivity index (χ2n) is 6.76. The summed E-state index contributed by atoms with van der Waals surface area (Å²) in [5.41, 5.74) is 7.02. The van der Waals surface area contributed by atoms with Gasteiger partial charge >= 0.3 is 0 Å². The Kier molecular flexibility index (Phi) is 10.0. The van der Waals surface area contributed by atoms with Crippen LogP contribution >= 0.6 is 12.4 Å². The van der Waals surface area contributed by atoms with Crippen LogP contribution in [0.4, 0.5) is 0 Å². The number of rotatable bonds is 10. The van der Waals surface area contributed by atoms with Gasteiger partial charge in [-0.1, -0.05) is 56.3 Å². The van der Waals surface area contributed by atoms with Crippen molar-refractivity contribution in [1.29, 1.82) is 0 Å². The molecule has 0 heterocycles. The van der Waals surface area contributed by atoms with E-state index in [1.165, 1.54) is 0 Å². The highest BCUT2D eigenvalue weighted by atomic mass is 35.5. The molecule has 0 bridgehead atoms. The van der Waals surface area contributed by atoms with Gasteiger partial charge in [-0.3, -0.25) is 4.79 Å². The molecule has 0 saturated carbocycles. The van der Waals surface area contributed by atoms with Crippen molar-refractivity contribution in [3.05, 3.63) is 65.7 Å². The van der Waals surface area contributed by atoms with Crippen molar-refractivity contribution in [2.75, 3.05) is 13.1 Å². The van der Waals surface area contributed by atoms with Gasteiger partial charge in [0.2, 0.25) is 5.91 Å². The second kappa shape index (κ2) is 11.7. The Balaban J connectivity index is 0.00000392. The molecule has 0 aliphatic heterocycles. The van der Waals surface area contributed by atoms with Gasteiger partial charge in [0.05, 0.1) is 11.5 Å². The molecule has 0 spiro atoms. The summed E-state index contributed by atoms with van der Waals surface area (Å²) in [5, 5.41) is 13.3. The lowest BCUT2D eigenvalue weighted by Crippen LogP contribution is -2.46. The first-order chi connectivity index (χ1) is 13.0. The third-order valence-electron chi connectivity index (χ3n) is 5.17. The van der Waals surface area contributed by atoms with Gasteiger partial charge in [0.1, 0.15) is 12.4 Å². The lowest BCUT2D eigenvalue weighted by molar-refractivity contribution is -0.131. The van der Waals surface area contributed by atoms with Crippen LogP contribution in [0.5, 0.6) is 5.75 Å². The van der Waals surface area contributed by atoms with Gasteiger partial charge in [0.25, 0.3) is 0 Å². The number of nitrogens with two attached hydrogens (primary N) is 1. The molecule has 1 unspecified atom stereocenters. The topological polar surface area (TPSA) is 84.6 Å². The number of hydrogen-bond acceptors (Lipinski definition) is 4. The van der Waals surface area contributed by atoms with Gasteiger partial charge in [-0.2, -0.15) is 0 Å². The Morgan fingerprint density at radius 2 is 1.82 bits per heavy atom. The van der Waals surface area contributed by atoms with E-state index < -0.39 is 11.5 Å². The molecule has 5 nitrogen and oxygen atoms in total. The fraction of sp³-hybridized carbons (Fsp3) is 0.409. The SMILES string of the molecule is CCC(CC)(CN)C(=O)NCC(O)c1cccc(OCc2ccccc2)c1.Cl. The third kappa shape index (κ3) is 6.23. The molecule has 0 radical (unpaired) electrons. The molecule has 0 aliphatic carbocycles. The molecule has 2 aromatic rings. The van der Waals surface area contributed by atoms with Gasteiger partial charge in [0, 0.05) is 13.1 Å². The minimum atomic E-state index is -0.807. The quantitative estimate of drug-likeness (QED) is 0.562. The summed E-state index contributed by atoms with van der Waals surface area (Å²) in [4.78, 5) is 12.5. The highest BCUT2D eigenvalue weighted by Gasteiger charge is 2.33. The summed E-state index contributed by atoms with van der Waals surface area (Å²) in [7, 11) is 0. The van der Waals surface area contributed by atoms with Crippen LogP contribution in [0.15, 0.2) is 54.6 Å². The Hall–Kier alpha value is -2.08. The van der Waals surface area contributed by atoms with E-state index in [1.807, 2.05) is 62.4 Å². The van der Waals surface area contributed by atoms with Gasteiger partial charge in [-0.25, -0.2) is 0 Å². The zero-order valence-corrected chi connectivity index (χ0v) is 17.4. The highest BCUT2D eigenvalue weighted by molar-refractivity contribution is 5.85. The number of benzene rings is 2. The predicted octanol–water partition coefficient (Wildman–Crippen LogP) is 3.60. The summed E-state index contributed by atoms with van der Waals surface area (Å²) < 4.78 is 5.80. The first-order valence-electron chi connectivity index (χ1n) is 9.47. The smallest absolute Gasteiger partial charge is 0.227 e. The van der Waals surface area contributed by atoms with Gasteiger partial charge in [0.15, 0.2) is 0 Å². The van der Waals surface area contributed by atoms with Crippen molar-refractivity contribution in [1.82, 2.24) is 5.32 Å². The lowest BCUT2D eigenvalue weighted by atomic mass is 9.81. The van der Waals surface area contributed by atoms with E-state index in [2.05, 4.69) is 5.32 Å². The number of ether oxygens (including phenoxy) is 1. The highest BCUT2D eigenvalue weighted by Crippen LogP contribution is 2.25. The van der Waals surface area contributed by atoms with Crippen LogP contribution in [0.25, 0.3) is 0 Å². The summed E-state index contributed by atoms with van der Waals surface area (Å²) in [6, 6.07) is 17.2. The number of nitrogens with one attached hydrogen (secondary N) is 1. The van der Waals surface area contributed by atoms with Gasteiger partial charge < -0.3 is 20.9 Å². The molecule has 2 rings (SSSR count). The van der Waals surface area contributed by atoms with Crippen molar-refractivity contribution in [3.8, 4) is 5.75 Å². The molecular formula is C22H31ClN2O3. The Morgan fingerprint density at radius 1 is 1.14 bits per heavy atom. The molecule has 154 valence electrons. The fourth-order valence-electron chi connectivity index (χ4n) is 3.00. The number of aliphatic hydroxyl groups is 1. The van der Waals surface area contributed by atoms with Crippen LogP contribution in [0.3, 0.4) is 0 Å². The van der Waals surface area contributed by atoms with Crippen LogP contribution in [0.2, 0.25) is 0 Å². The number of carbonyl (C=O) groups is 1. The zero-order chi connectivity index (χ0) is 19.7. The summed E-state index contributed by atoms with van der Waals surface area (Å²) in [5.74, 6) is 0.575. The standard InChI is InChI=1S/C22H30N2O3.ClH/c1-3-22(4-2,16-23)21(26)24-14-20(25)18-11-8-12-19(13-18)27-15-17-9-6-5-7-10-17;/h5-13,20,25H,3-4,14-16,23H2,1-2H3,(H,24,26);1H. The molecular weight excluding hydrogens is 376 g/mol. The van der Waals surface area contributed by atoms with E-state index in [-0.39, 0.29) is 24.9 Å². The normalized spacial score (nSPS) is 12.0. The minimum Gasteiger partial charge on any atom is -0.489 e. The monoisotopic (exact) mass is 406 g/mol. The fourth-order valence-corrected chi connectivity index (χ4v) is 3.00. The second-order valence-corrected chi connectivity index (χ2v) is 6.76. The van der Waals surface area contributed by atoms with Crippen molar-refractivity contribution >= 4 is 18.3 Å². The lowest BCUT2D eigenvalue weighted by Gasteiger charge is -2.29. The largest absolute Gasteiger partial charge is 0.489 e. The molecule has 2 aromatic carbocycles. The van der Waals surface area contributed by atoms with Crippen molar-refractivity contribution in [3.63, 3.8) is 0 Å². The van der Waals surface area contributed by atoms with Crippen molar-refractivity contribution < 1.29 is 14.6 Å². The van der Waals surface area contributed by atoms with Crippen molar-refractivity contribution in [2.45, 2.75) is 39.4 Å². The molecule has 1 atom stereocenters. The van der Waals surface area contributed by atoms with E-state index in [0.29, 0.717) is 37.3 Å². The summed E-state index contributed by atoms with van der Waals surface area (Å²) in [6.45, 7) is 4.82. The number of amides is 1. The van der Waals surface area contributed by atoms with E-state index in [9.17, 15) is 9.90 Å². The van der Waals surface area contributed by atoms with Crippen LogP contribution in [0.1, 0.15) is 43.9 Å². The average molecular weight is 407 g/mol. The van der Waals surface area contributed by atoms with E-state index >= 15 is 0 Å². The Labute approximate surface area is 173 Å².